The van der Waals surface area contributed by atoms with E-state index < -0.39 is 12.1 Å². The average molecular weight is 548 g/mol. The van der Waals surface area contributed by atoms with Crippen molar-refractivity contribution in [2.45, 2.75) is 174 Å². The van der Waals surface area contributed by atoms with Crippen LogP contribution in [0, 0.1) is 0 Å². The summed E-state index contributed by atoms with van der Waals surface area (Å²) in [6.45, 7) is 4.21. The van der Waals surface area contributed by atoms with Gasteiger partial charge in [0.15, 0.2) is 0 Å². The van der Waals surface area contributed by atoms with E-state index in [2.05, 4.69) is 43.5 Å². The smallest absolute Gasteiger partial charge is 0.220 e. The Kier molecular flexibility index (Phi) is 30.0. The van der Waals surface area contributed by atoms with E-state index in [9.17, 15) is 15.0 Å². The number of amides is 1. The van der Waals surface area contributed by atoms with Crippen molar-refractivity contribution in [3.05, 3.63) is 36.5 Å². The predicted molar refractivity (Wildman–Crippen MR) is 170 cm³/mol. The van der Waals surface area contributed by atoms with Gasteiger partial charge >= 0.3 is 0 Å². The van der Waals surface area contributed by atoms with Crippen molar-refractivity contribution >= 4 is 5.91 Å². The zero-order valence-corrected chi connectivity index (χ0v) is 25.9. The van der Waals surface area contributed by atoms with Crippen LogP contribution in [0.5, 0.6) is 0 Å². The van der Waals surface area contributed by atoms with Gasteiger partial charge in [-0.2, -0.15) is 0 Å². The molecule has 0 saturated carbocycles. The number of rotatable bonds is 29. The van der Waals surface area contributed by atoms with Gasteiger partial charge in [0.25, 0.3) is 0 Å². The first-order valence-corrected chi connectivity index (χ1v) is 16.7. The second kappa shape index (κ2) is 31.1. The molecule has 228 valence electrons. The molecule has 0 bridgehead atoms. The minimum atomic E-state index is -0.863. The van der Waals surface area contributed by atoms with Crippen molar-refractivity contribution in [3.8, 4) is 0 Å². The number of carbonyl (C=O) groups excluding carboxylic acids is 1. The highest BCUT2D eigenvalue weighted by atomic mass is 16.3. The Bertz CT molecular complexity index is 599. The molecule has 0 aromatic heterocycles. The van der Waals surface area contributed by atoms with E-state index in [1.54, 1.807) is 6.08 Å². The van der Waals surface area contributed by atoms with Crippen LogP contribution < -0.4 is 5.32 Å². The van der Waals surface area contributed by atoms with Gasteiger partial charge in [0, 0.05) is 6.42 Å². The zero-order valence-electron chi connectivity index (χ0n) is 25.9. The van der Waals surface area contributed by atoms with E-state index in [0.717, 1.165) is 38.5 Å². The van der Waals surface area contributed by atoms with Gasteiger partial charge in [-0.15, -0.1) is 0 Å². The van der Waals surface area contributed by atoms with Gasteiger partial charge in [0.1, 0.15) is 0 Å². The van der Waals surface area contributed by atoms with Crippen LogP contribution in [0.1, 0.15) is 162 Å². The molecule has 0 aromatic carbocycles. The molecule has 0 aromatic rings. The Morgan fingerprint density at radius 1 is 0.590 bits per heavy atom. The third-order valence-corrected chi connectivity index (χ3v) is 7.35. The zero-order chi connectivity index (χ0) is 28.7. The highest BCUT2D eigenvalue weighted by molar-refractivity contribution is 5.76. The van der Waals surface area contributed by atoms with Crippen LogP contribution in [0.25, 0.3) is 0 Å². The lowest BCUT2D eigenvalue weighted by Gasteiger charge is -2.19. The number of nitrogens with one attached hydrogen (secondary N) is 1. The quantitative estimate of drug-likeness (QED) is 0.0645. The Morgan fingerprint density at radius 2 is 1.00 bits per heavy atom. The monoisotopic (exact) mass is 547 g/mol. The van der Waals surface area contributed by atoms with Crippen molar-refractivity contribution in [1.82, 2.24) is 5.32 Å². The fraction of sp³-hybridized carbons (Fsp3) is 0.800. The molecule has 39 heavy (non-hydrogen) atoms. The summed E-state index contributed by atoms with van der Waals surface area (Å²) in [6.07, 6.45) is 39.6. The summed E-state index contributed by atoms with van der Waals surface area (Å²) >= 11 is 0. The maximum Gasteiger partial charge on any atom is 0.220 e. The molecule has 0 rings (SSSR count). The van der Waals surface area contributed by atoms with Crippen LogP contribution in [-0.2, 0) is 4.79 Å². The Labute approximate surface area is 242 Å². The van der Waals surface area contributed by atoms with Crippen LogP contribution in [0.3, 0.4) is 0 Å². The highest BCUT2D eigenvalue weighted by Gasteiger charge is 2.17. The highest BCUT2D eigenvalue weighted by Crippen LogP contribution is 2.12. The van der Waals surface area contributed by atoms with Crippen molar-refractivity contribution < 1.29 is 15.0 Å². The minimum Gasteiger partial charge on any atom is -0.394 e. The Balaban J connectivity index is 3.67. The number of aliphatic hydroxyl groups is 2. The largest absolute Gasteiger partial charge is 0.394 e. The van der Waals surface area contributed by atoms with Crippen molar-refractivity contribution in [2.24, 2.45) is 0 Å². The minimum absolute atomic E-state index is 0.0900. The number of aliphatic hydroxyl groups excluding tert-OH is 2. The summed E-state index contributed by atoms with van der Waals surface area (Å²) in [7, 11) is 0. The van der Waals surface area contributed by atoms with Gasteiger partial charge < -0.3 is 15.5 Å². The molecule has 0 aliphatic carbocycles. The van der Waals surface area contributed by atoms with Crippen LogP contribution >= 0.6 is 0 Å². The fourth-order valence-electron chi connectivity index (χ4n) is 4.74. The standard InChI is InChI=1S/C35H65NO3/c1-3-5-7-9-11-12-13-14-15-16-17-18-19-20-21-22-23-24-25-26-28-30-34(38)33(32-37)36-35(39)31-29-27-10-8-6-4-2/h19-20,23-24,28,30,33-34,37-38H,3-18,21-22,25-27,29,31-32H2,1-2H3,(H,36,39)/b20-19+,24-23+,30-28+. The first kappa shape index (κ1) is 37.6. The van der Waals surface area contributed by atoms with E-state index in [-0.39, 0.29) is 12.5 Å². The first-order valence-electron chi connectivity index (χ1n) is 16.7. The van der Waals surface area contributed by atoms with Crippen molar-refractivity contribution in [2.75, 3.05) is 6.61 Å². The first-order chi connectivity index (χ1) is 19.2. The van der Waals surface area contributed by atoms with Gasteiger partial charge in [-0.1, -0.05) is 147 Å². The summed E-state index contributed by atoms with van der Waals surface area (Å²) in [5.41, 5.74) is 0. The lowest BCUT2D eigenvalue weighted by Crippen LogP contribution is -2.45. The molecule has 0 saturated heterocycles. The lowest BCUT2D eigenvalue weighted by molar-refractivity contribution is -0.123. The Hall–Kier alpha value is -1.39. The molecule has 1 amide bonds. The molecule has 3 N–H and O–H groups in total. The van der Waals surface area contributed by atoms with Crippen molar-refractivity contribution in [1.29, 1.82) is 0 Å². The summed E-state index contributed by atoms with van der Waals surface area (Å²) in [4.78, 5) is 12.1. The average Bonchev–Trinajstić information content (AvgIpc) is 2.94. The van der Waals surface area contributed by atoms with Gasteiger partial charge in [-0.25, -0.2) is 0 Å². The van der Waals surface area contributed by atoms with Crippen LogP contribution in [0.15, 0.2) is 36.5 Å². The van der Waals surface area contributed by atoms with E-state index in [1.807, 2.05) is 6.08 Å². The summed E-state index contributed by atoms with van der Waals surface area (Å²) in [5, 5.41) is 22.6. The number of hydrogen-bond acceptors (Lipinski definition) is 3. The summed E-state index contributed by atoms with van der Waals surface area (Å²) in [6, 6.07) is -0.638. The maximum atomic E-state index is 12.1. The van der Waals surface area contributed by atoms with E-state index in [0.29, 0.717) is 6.42 Å². The van der Waals surface area contributed by atoms with E-state index in [1.165, 1.54) is 103 Å². The van der Waals surface area contributed by atoms with E-state index >= 15 is 0 Å². The molecule has 0 heterocycles. The number of hydrogen-bond donors (Lipinski definition) is 3. The Morgan fingerprint density at radius 3 is 1.49 bits per heavy atom. The maximum absolute atomic E-state index is 12.1. The number of allylic oxidation sites excluding steroid dienone is 5. The van der Waals surface area contributed by atoms with Gasteiger partial charge in [0.2, 0.25) is 5.91 Å². The van der Waals surface area contributed by atoms with Crippen LogP contribution in [0.4, 0.5) is 0 Å². The molecule has 0 spiro atoms. The second-order valence-electron chi connectivity index (χ2n) is 11.2. The van der Waals surface area contributed by atoms with E-state index in [4.69, 9.17) is 0 Å². The summed E-state index contributed by atoms with van der Waals surface area (Å²) < 4.78 is 0. The molecular formula is C35H65NO3. The molecule has 4 nitrogen and oxygen atoms in total. The van der Waals surface area contributed by atoms with Gasteiger partial charge in [-0.3, -0.25) is 4.79 Å². The topological polar surface area (TPSA) is 69.6 Å². The van der Waals surface area contributed by atoms with Gasteiger partial charge in [-0.05, 0) is 44.9 Å². The number of carbonyl (C=O) groups is 1. The summed E-state index contributed by atoms with van der Waals surface area (Å²) in [5.74, 6) is -0.0900. The fourth-order valence-corrected chi connectivity index (χ4v) is 4.74. The number of unbranched alkanes of at least 4 members (excludes halogenated alkanes) is 18. The normalized spacial score (nSPS) is 13.6. The SMILES string of the molecule is CCCCCCCCCCCCC/C=C/CC/C=C/CC/C=C/C(O)C(CO)NC(=O)CCCCCCCC. The lowest BCUT2D eigenvalue weighted by atomic mass is 10.1. The molecular weight excluding hydrogens is 482 g/mol. The third-order valence-electron chi connectivity index (χ3n) is 7.35. The second-order valence-corrected chi connectivity index (χ2v) is 11.2. The molecule has 2 unspecified atom stereocenters. The molecule has 0 aliphatic heterocycles. The molecule has 2 atom stereocenters. The van der Waals surface area contributed by atoms with Crippen LogP contribution in [-0.4, -0.2) is 34.9 Å². The third kappa shape index (κ3) is 28.0. The van der Waals surface area contributed by atoms with Crippen LogP contribution in [0.2, 0.25) is 0 Å². The van der Waals surface area contributed by atoms with Crippen molar-refractivity contribution in [3.63, 3.8) is 0 Å². The predicted octanol–water partition coefficient (Wildman–Crippen LogP) is 9.51. The molecule has 0 aliphatic rings. The molecule has 4 heteroatoms. The molecule has 0 radical (unpaired) electrons. The van der Waals surface area contributed by atoms with Gasteiger partial charge in [0.05, 0.1) is 18.8 Å². The molecule has 0 fully saturated rings.